The first kappa shape index (κ1) is 16.8. The second-order valence-electron chi connectivity index (χ2n) is 5.35. The molecule has 2 rings (SSSR count). The summed E-state index contributed by atoms with van der Waals surface area (Å²) in [5.41, 5.74) is 0. The van der Waals surface area contributed by atoms with Crippen LogP contribution in [0.2, 0.25) is 0 Å². The molecule has 0 aromatic heterocycles. The maximum Gasteiger partial charge on any atom is 0.169 e. The van der Waals surface area contributed by atoms with Crippen molar-refractivity contribution in [2.45, 2.75) is 6.92 Å². The van der Waals surface area contributed by atoms with Crippen LogP contribution in [0.5, 0.6) is 11.5 Å². The zero-order valence-electron chi connectivity index (χ0n) is 13.4. The van der Waals surface area contributed by atoms with E-state index in [1.807, 2.05) is 24.3 Å². The smallest absolute Gasteiger partial charge is 0.169 e. The maximum absolute atomic E-state index is 5.79. The molecule has 122 valence electrons. The normalized spacial score (nSPS) is 15.5. The van der Waals surface area contributed by atoms with E-state index in [1.165, 1.54) is 0 Å². The Kier molecular flexibility index (Phi) is 6.74. The summed E-state index contributed by atoms with van der Waals surface area (Å²) in [5, 5.41) is 4.10. The van der Waals surface area contributed by atoms with Crippen molar-refractivity contribution in [3.8, 4) is 11.5 Å². The molecule has 5 nitrogen and oxygen atoms in total. The van der Waals surface area contributed by atoms with Crippen molar-refractivity contribution in [2.75, 3.05) is 53.0 Å². The molecule has 0 radical (unpaired) electrons. The van der Waals surface area contributed by atoms with Crippen LogP contribution in [-0.2, 0) is 0 Å². The van der Waals surface area contributed by atoms with Gasteiger partial charge in [0.25, 0.3) is 0 Å². The minimum absolute atomic E-state index is 0.735. The zero-order valence-corrected chi connectivity index (χ0v) is 14.2. The molecule has 0 atom stereocenters. The number of hydrogen-bond acceptors (Lipinski definition) is 3. The topological polar surface area (TPSA) is 38.2 Å². The van der Waals surface area contributed by atoms with Gasteiger partial charge in [-0.3, -0.25) is 0 Å². The molecule has 22 heavy (non-hydrogen) atoms. The maximum atomic E-state index is 5.79. The Morgan fingerprint density at radius 2 is 1.86 bits per heavy atom. The van der Waals surface area contributed by atoms with Crippen molar-refractivity contribution >= 4 is 17.3 Å². The summed E-state index contributed by atoms with van der Waals surface area (Å²) in [5.74, 6) is 1.75. The third-order valence-corrected chi connectivity index (χ3v) is 4.27. The van der Waals surface area contributed by atoms with Crippen LogP contribution in [0.15, 0.2) is 24.3 Å². The van der Waals surface area contributed by atoms with Gasteiger partial charge >= 0.3 is 0 Å². The van der Waals surface area contributed by atoms with Crippen LogP contribution in [0.25, 0.3) is 0 Å². The molecular formula is C16H26N3O2S+. The highest BCUT2D eigenvalue weighted by molar-refractivity contribution is 7.80. The Hall–Kier alpha value is -1.53. The van der Waals surface area contributed by atoms with Crippen LogP contribution < -0.4 is 19.7 Å². The van der Waals surface area contributed by atoms with Gasteiger partial charge in [-0.1, -0.05) is 0 Å². The summed E-state index contributed by atoms with van der Waals surface area (Å²) in [6.07, 6.45) is 0. The molecule has 2 N–H and O–H groups in total. The number of hydrogen-bond donors (Lipinski definition) is 2. The number of benzene rings is 1. The van der Waals surface area contributed by atoms with Crippen molar-refractivity contribution in [3.05, 3.63) is 24.3 Å². The fourth-order valence-corrected chi connectivity index (χ4v) is 2.85. The highest BCUT2D eigenvalue weighted by Gasteiger charge is 2.21. The average Bonchev–Trinajstić information content (AvgIpc) is 2.56. The predicted octanol–water partition coefficient (Wildman–Crippen LogP) is 0.169. The van der Waals surface area contributed by atoms with Gasteiger partial charge in [-0.15, -0.1) is 0 Å². The van der Waals surface area contributed by atoms with Crippen molar-refractivity contribution in [1.29, 1.82) is 0 Å². The number of piperazine rings is 1. The average molecular weight is 324 g/mol. The Balaban J connectivity index is 1.65. The van der Waals surface area contributed by atoms with E-state index in [2.05, 4.69) is 17.1 Å². The highest BCUT2D eigenvalue weighted by Crippen LogP contribution is 2.16. The summed E-state index contributed by atoms with van der Waals surface area (Å²) in [6.45, 7) is 8.97. The molecule has 6 heteroatoms. The summed E-state index contributed by atoms with van der Waals surface area (Å²) in [7, 11) is 1.67. The first-order valence-electron chi connectivity index (χ1n) is 7.86. The van der Waals surface area contributed by atoms with E-state index in [-0.39, 0.29) is 0 Å². The van der Waals surface area contributed by atoms with Gasteiger partial charge < -0.3 is 24.6 Å². The number of nitrogens with one attached hydrogen (secondary N) is 2. The van der Waals surface area contributed by atoms with Gasteiger partial charge in [-0.05, 0) is 43.4 Å². The number of rotatable bonds is 6. The van der Waals surface area contributed by atoms with E-state index < -0.39 is 0 Å². The minimum atomic E-state index is 0.735. The van der Waals surface area contributed by atoms with E-state index >= 15 is 0 Å². The number of nitrogens with zero attached hydrogens (tertiary/aromatic N) is 1. The second kappa shape index (κ2) is 8.80. The van der Waals surface area contributed by atoms with Gasteiger partial charge in [0.2, 0.25) is 0 Å². The highest BCUT2D eigenvalue weighted by atomic mass is 32.1. The standard InChI is InChI=1S/C16H25N3O2S/c1-3-17-16(22)19-10-8-18(9-11-19)12-13-21-15-6-4-14(20-2)5-7-15/h4-7H,3,8-13H2,1-2H3,(H,17,22)/p+1. The Bertz CT molecular complexity index is 459. The van der Waals surface area contributed by atoms with Crippen LogP contribution in [0, 0.1) is 0 Å². The van der Waals surface area contributed by atoms with Crippen LogP contribution in [0.1, 0.15) is 6.92 Å². The largest absolute Gasteiger partial charge is 0.497 e. The third-order valence-electron chi connectivity index (χ3n) is 3.87. The molecule has 0 unspecified atom stereocenters. The number of quaternary nitrogens is 1. The SMILES string of the molecule is CCNC(=S)N1CC[NH+](CCOc2ccc(OC)cc2)CC1. The van der Waals surface area contributed by atoms with E-state index in [0.717, 1.165) is 62.5 Å². The van der Waals surface area contributed by atoms with Crippen LogP contribution >= 0.6 is 12.2 Å². The van der Waals surface area contributed by atoms with Gasteiger partial charge in [-0.2, -0.15) is 0 Å². The van der Waals surface area contributed by atoms with Crippen molar-refractivity contribution in [2.24, 2.45) is 0 Å². The molecule has 1 heterocycles. The van der Waals surface area contributed by atoms with Gasteiger partial charge in [0.1, 0.15) is 24.7 Å². The molecule has 0 saturated carbocycles. The van der Waals surface area contributed by atoms with Crippen molar-refractivity contribution in [1.82, 2.24) is 10.2 Å². The predicted molar refractivity (Wildman–Crippen MR) is 91.9 cm³/mol. The molecule has 0 spiro atoms. The molecule has 1 aliphatic heterocycles. The van der Waals surface area contributed by atoms with E-state index in [1.54, 1.807) is 12.0 Å². The van der Waals surface area contributed by atoms with Gasteiger partial charge in [-0.25, -0.2) is 0 Å². The van der Waals surface area contributed by atoms with E-state index in [4.69, 9.17) is 21.7 Å². The second-order valence-corrected chi connectivity index (χ2v) is 5.73. The molecule has 0 bridgehead atoms. The molecule has 1 aromatic rings. The molecule has 1 fully saturated rings. The fraction of sp³-hybridized carbons (Fsp3) is 0.562. The molecule has 1 aliphatic rings. The van der Waals surface area contributed by atoms with Crippen LogP contribution in [-0.4, -0.2) is 63.0 Å². The minimum Gasteiger partial charge on any atom is -0.497 e. The summed E-state index contributed by atoms with van der Waals surface area (Å²) >= 11 is 5.35. The van der Waals surface area contributed by atoms with Gasteiger partial charge in [0.15, 0.2) is 5.11 Å². The van der Waals surface area contributed by atoms with Crippen molar-refractivity contribution in [3.63, 3.8) is 0 Å². The lowest BCUT2D eigenvalue weighted by atomic mass is 10.3. The Labute approximate surface area is 138 Å². The molecule has 0 aliphatic carbocycles. The lowest BCUT2D eigenvalue weighted by molar-refractivity contribution is -0.903. The molecule has 1 aromatic carbocycles. The summed E-state index contributed by atoms with van der Waals surface area (Å²) in [6, 6.07) is 7.73. The molecule has 1 saturated heterocycles. The first-order chi connectivity index (χ1) is 10.7. The van der Waals surface area contributed by atoms with Crippen LogP contribution in [0.4, 0.5) is 0 Å². The quantitative estimate of drug-likeness (QED) is 0.730. The van der Waals surface area contributed by atoms with Crippen LogP contribution in [0.3, 0.4) is 0 Å². The Morgan fingerprint density at radius 3 is 2.45 bits per heavy atom. The monoisotopic (exact) mass is 324 g/mol. The zero-order chi connectivity index (χ0) is 15.8. The van der Waals surface area contributed by atoms with Gasteiger partial charge in [0, 0.05) is 6.54 Å². The van der Waals surface area contributed by atoms with E-state index in [0.29, 0.717) is 0 Å². The third kappa shape index (κ3) is 5.03. The number of methoxy groups -OCH3 is 1. The van der Waals surface area contributed by atoms with Gasteiger partial charge in [0.05, 0.1) is 33.3 Å². The first-order valence-corrected chi connectivity index (χ1v) is 8.27. The summed E-state index contributed by atoms with van der Waals surface area (Å²) in [4.78, 5) is 3.83. The number of thiocarbonyl (C=S) groups is 1. The van der Waals surface area contributed by atoms with Crippen molar-refractivity contribution < 1.29 is 14.4 Å². The lowest BCUT2D eigenvalue weighted by Crippen LogP contribution is -3.15. The Morgan fingerprint density at radius 1 is 1.23 bits per heavy atom. The lowest BCUT2D eigenvalue weighted by Gasteiger charge is -2.33. The molecular weight excluding hydrogens is 298 g/mol. The fourth-order valence-electron chi connectivity index (χ4n) is 2.52. The summed E-state index contributed by atoms with van der Waals surface area (Å²) < 4.78 is 10.9. The molecule has 0 amide bonds. The van der Waals surface area contributed by atoms with E-state index in [9.17, 15) is 0 Å². The number of ether oxygens (including phenoxy) is 2.